The van der Waals surface area contributed by atoms with Gasteiger partial charge in [0.15, 0.2) is 5.60 Å². The molecule has 0 saturated heterocycles. The van der Waals surface area contributed by atoms with Crippen molar-refractivity contribution >= 4 is 5.97 Å². The SMILES string of the molecule is CCCOC(=O)C(CC)(OCCC(C)C)C(CCC)CCCc1ccccc1. The number of benzene rings is 1. The highest BCUT2D eigenvalue weighted by molar-refractivity contribution is 5.80. The van der Waals surface area contributed by atoms with E-state index in [1.165, 1.54) is 5.56 Å². The van der Waals surface area contributed by atoms with E-state index >= 15 is 0 Å². The molecule has 3 heteroatoms. The van der Waals surface area contributed by atoms with Crippen LogP contribution in [0.25, 0.3) is 0 Å². The number of hydrogen-bond donors (Lipinski definition) is 0. The van der Waals surface area contributed by atoms with Gasteiger partial charge in [0, 0.05) is 6.61 Å². The molecule has 0 spiro atoms. The summed E-state index contributed by atoms with van der Waals surface area (Å²) < 4.78 is 12.0. The van der Waals surface area contributed by atoms with E-state index in [2.05, 4.69) is 58.0 Å². The molecule has 0 saturated carbocycles. The van der Waals surface area contributed by atoms with Crippen LogP contribution in [0.5, 0.6) is 0 Å². The van der Waals surface area contributed by atoms with Crippen molar-refractivity contribution in [1.29, 1.82) is 0 Å². The lowest BCUT2D eigenvalue weighted by atomic mass is 9.78. The second-order valence-corrected chi connectivity index (χ2v) is 8.27. The van der Waals surface area contributed by atoms with E-state index in [1.807, 2.05) is 6.92 Å². The van der Waals surface area contributed by atoms with Gasteiger partial charge in [0.2, 0.25) is 0 Å². The Kier molecular flexibility index (Phi) is 12.1. The first-order chi connectivity index (χ1) is 13.5. The van der Waals surface area contributed by atoms with Crippen molar-refractivity contribution in [1.82, 2.24) is 0 Å². The van der Waals surface area contributed by atoms with Crippen molar-refractivity contribution in [2.45, 2.75) is 91.6 Å². The minimum atomic E-state index is -0.809. The van der Waals surface area contributed by atoms with Crippen molar-refractivity contribution in [3.8, 4) is 0 Å². The molecule has 0 aromatic heterocycles. The van der Waals surface area contributed by atoms with Gasteiger partial charge in [0.05, 0.1) is 6.61 Å². The number of esters is 1. The largest absolute Gasteiger partial charge is 0.464 e. The van der Waals surface area contributed by atoms with E-state index in [0.717, 1.165) is 44.9 Å². The van der Waals surface area contributed by atoms with Crippen molar-refractivity contribution in [2.24, 2.45) is 11.8 Å². The van der Waals surface area contributed by atoms with Gasteiger partial charge in [-0.2, -0.15) is 0 Å². The molecule has 2 atom stereocenters. The molecule has 3 nitrogen and oxygen atoms in total. The van der Waals surface area contributed by atoms with Gasteiger partial charge >= 0.3 is 5.97 Å². The van der Waals surface area contributed by atoms with Gasteiger partial charge in [-0.05, 0) is 62.3 Å². The summed E-state index contributed by atoms with van der Waals surface area (Å²) in [5, 5.41) is 0. The summed E-state index contributed by atoms with van der Waals surface area (Å²) >= 11 is 0. The van der Waals surface area contributed by atoms with Gasteiger partial charge in [-0.1, -0.05) is 71.4 Å². The highest BCUT2D eigenvalue weighted by Crippen LogP contribution is 2.35. The fourth-order valence-electron chi connectivity index (χ4n) is 3.83. The van der Waals surface area contributed by atoms with Crippen LogP contribution < -0.4 is 0 Å². The monoisotopic (exact) mass is 390 g/mol. The first kappa shape index (κ1) is 24.7. The van der Waals surface area contributed by atoms with Crippen LogP contribution in [-0.2, 0) is 20.7 Å². The molecule has 0 radical (unpaired) electrons. The molecule has 0 aliphatic heterocycles. The second kappa shape index (κ2) is 13.8. The minimum absolute atomic E-state index is 0.154. The average Bonchev–Trinajstić information content (AvgIpc) is 2.69. The Hall–Kier alpha value is -1.35. The third kappa shape index (κ3) is 7.95. The van der Waals surface area contributed by atoms with Gasteiger partial charge in [-0.15, -0.1) is 0 Å². The Balaban J connectivity index is 2.91. The molecular weight excluding hydrogens is 348 g/mol. The number of aryl methyl sites for hydroxylation is 1. The smallest absolute Gasteiger partial charge is 0.338 e. The lowest BCUT2D eigenvalue weighted by molar-refractivity contribution is -0.184. The molecule has 0 aliphatic rings. The normalized spacial score (nSPS) is 14.6. The number of carbonyl (C=O) groups is 1. The van der Waals surface area contributed by atoms with E-state index in [1.54, 1.807) is 0 Å². The lowest BCUT2D eigenvalue weighted by Crippen LogP contribution is -2.49. The van der Waals surface area contributed by atoms with Gasteiger partial charge in [-0.25, -0.2) is 4.79 Å². The molecule has 0 fully saturated rings. The molecule has 0 N–H and O–H groups in total. The Morgan fingerprint density at radius 1 is 0.964 bits per heavy atom. The summed E-state index contributed by atoms with van der Waals surface area (Å²) in [5.41, 5.74) is 0.547. The minimum Gasteiger partial charge on any atom is -0.464 e. The van der Waals surface area contributed by atoms with Gasteiger partial charge in [0.1, 0.15) is 0 Å². The van der Waals surface area contributed by atoms with Crippen LogP contribution >= 0.6 is 0 Å². The van der Waals surface area contributed by atoms with Gasteiger partial charge < -0.3 is 9.47 Å². The zero-order valence-electron chi connectivity index (χ0n) is 18.8. The van der Waals surface area contributed by atoms with E-state index in [4.69, 9.17) is 9.47 Å². The second-order valence-electron chi connectivity index (χ2n) is 8.27. The van der Waals surface area contributed by atoms with Crippen LogP contribution in [0.4, 0.5) is 0 Å². The van der Waals surface area contributed by atoms with Gasteiger partial charge in [0.25, 0.3) is 0 Å². The van der Waals surface area contributed by atoms with Crippen LogP contribution in [0.15, 0.2) is 30.3 Å². The Morgan fingerprint density at radius 3 is 2.25 bits per heavy atom. The van der Waals surface area contributed by atoms with Crippen molar-refractivity contribution in [3.63, 3.8) is 0 Å². The summed E-state index contributed by atoms with van der Waals surface area (Å²) in [6.45, 7) is 11.8. The molecule has 160 valence electrons. The summed E-state index contributed by atoms with van der Waals surface area (Å²) in [6.07, 6.45) is 7.60. The molecule has 1 aromatic carbocycles. The van der Waals surface area contributed by atoms with Gasteiger partial charge in [-0.3, -0.25) is 0 Å². The maximum Gasteiger partial charge on any atom is 0.338 e. The van der Waals surface area contributed by atoms with Crippen LogP contribution in [0.2, 0.25) is 0 Å². The number of hydrogen-bond acceptors (Lipinski definition) is 3. The van der Waals surface area contributed by atoms with E-state index < -0.39 is 5.60 Å². The van der Waals surface area contributed by atoms with E-state index in [9.17, 15) is 4.79 Å². The number of ether oxygens (including phenoxy) is 2. The van der Waals surface area contributed by atoms with E-state index in [0.29, 0.717) is 25.6 Å². The molecule has 1 aromatic rings. The lowest BCUT2D eigenvalue weighted by Gasteiger charge is -2.38. The van der Waals surface area contributed by atoms with Crippen LogP contribution in [0.3, 0.4) is 0 Å². The van der Waals surface area contributed by atoms with Crippen LogP contribution in [0.1, 0.15) is 85.1 Å². The van der Waals surface area contributed by atoms with Crippen LogP contribution in [-0.4, -0.2) is 24.8 Å². The Labute approximate surface area is 173 Å². The average molecular weight is 391 g/mol. The standard InChI is InChI=1S/C25H42O3/c1-6-13-23(17-12-16-22-14-10-9-11-15-22)25(8-3,24(26)27-19-7-2)28-20-18-21(4)5/h9-11,14-15,21,23H,6-8,12-13,16-20H2,1-5H3. The third-order valence-corrected chi connectivity index (χ3v) is 5.52. The highest BCUT2D eigenvalue weighted by Gasteiger charge is 2.46. The molecule has 0 amide bonds. The van der Waals surface area contributed by atoms with E-state index in [-0.39, 0.29) is 11.9 Å². The molecule has 2 unspecified atom stereocenters. The van der Waals surface area contributed by atoms with Crippen molar-refractivity contribution in [2.75, 3.05) is 13.2 Å². The molecule has 0 bridgehead atoms. The topological polar surface area (TPSA) is 35.5 Å². The quantitative estimate of drug-likeness (QED) is 0.317. The Morgan fingerprint density at radius 2 is 1.68 bits per heavy atom. The first-order valence-electron chi connectivity index (χ1n) is 11.3. The van der Waals surface area contributed by atoms with Crippen LogP contribution in [0, 0.1) is 11.8 Å². The molecular formula is C25H42O3. The summed E-state index contributed by atoms with van der Waals surface area (Å²) in [6, 6.07) is 10.6. The summed E-state index contributed by atoms with van der Waals surface area (Å²) in [5.74, 6) is 0.602. The summed E-state index contributed by atoms with van der Waals surface area (Å²) in [7, 11) is 0. The molecule has 1 rings (SSSR count). The fraction of sp³-hybridized carbons (Fsp3) is 0.720. The highest BCUT2D eigenvalue weighted by atomic mass is 16.6. The number of carbonyl (C=O) groups excluding carboxylic acids is 1. The van der Waals surface area contributed by atoms with Crippen molar-refractivity contribution < 1.29 is 14.3 Å². The maximum atomic E-state index is 13.1. The first-order valence-corrected chi connectivity index (χ1v) is 11.3. The number of rotatable bonds is 15. The summed E-state index contributed by atoms with van der Waals surface area (Å²) in [4.78, 5) is 13.1. The molecule has 0 heterocycles. The molecule has 28 heavy (non-hydrogen) atoms. The maximum absolute atomic E-state index is 13.1. The fourth-order valence-corrected chi connectivity index (χ4v) is 3.83. The molecule has 0 aliphatic carbocycles. The van der Waals surface area contributed by atoms with Crippen molar-refractivity contribution in [3.05, 3.63) is 35.9 Å². The predicted molar refractivity (Wildman–Crippen MR) is 117 cm³/mol. The zero-order chi connectivity index (χ0) is 20.8. The predicted octanol–water partition coefficient (Wildman–Crippen LogP) is 6.59. The Bertz CT molecular complexity index is 526. The third-order valence-electron chi connectivity index (χ3n) is 5.52. The zero-order valence-corrected chi connectivity index (χ0v) is 18.8.